The highest BCUT2D eigenvalue weighted by Gasteiger charge is 2.18. The van der Waals surface area contributed by atoms with Gasteiger partial charge in [-0.05, 0) is 42.7 Å². The third kappa shape index (κ3) is 4.79. The standard InChI is InChI=1S/C19H18N2O4S2/c1-26-15-7-3-2-5-13(15)21-19(24)18(23)20-11-12-8-9-16(27-12)17(22)14-6-4-10-25-14/h2-10,17,22H,11H2,1H3,(H,20,23)(H,21,24)/t17-/m1/s1. The van der Waals surface area contributed by atoms with Gasteiger partial charge in [0.15, 0.2) is 0 Å². The highest BCUT2D eigenvalue weighted by Crippen LogP contribution is 2.28. The van der Waals surface area contributed by atoms with Crippen LogP contribution >= 0.6 is 23.1 Å². The Morgan fingerprint density at radius 2 is 1.96 bits per heavy atom. The van der Waals surface area contributed by atoms with Crippen LogP contribution in [0.3, 0.4) is 0 Å². The second-order valence-electron chi connectivity index (χ2n) is 5.56. The average Bonchev–Trinajstić information content (AvgIpc) is 3.38. The molecule has 2 aromatic heterocycles. The highest BCUT2D eigenvalue weighted by atomic mass is 32.2. The maximum Gasteiger partial charge on any atom is 0.313 e. The number of hydrogen-bond acceptors (Lipinski definition) is 6. The number of anilines is 1. The second kappa shape index (κ2) is 8.90. The third-order valence-electron chi connectivity index (χ3n) is 3.75. The molecular weight excluding hydrogens is 384 g/mol. The summed E-state index contributed by atoms with van der Waals surface area (Å²) in [6.45, 7) is 0.200. The van der Waals surface area contributed by atoms with Crippen molar-refractivity contribution in [2.75, 3.05) is 11.6 Å². The first kappa shape index (κ1) is 19.2. The number of carbonyl (C=O) groups excluding carboxylic acids is 2. The Bertz CT molecular complexity index is 921. The molecule has 2 amide bonds. The minimum absolute atomic E-state index is 0.200. The minimum Gasteiger partial charge on any atom is -0.466 e. The molecule has 0 aliphatic carbocycles. The van der Waals surface area contributed by atoms with Crippen molar-refractivity contribution in [3.8, 4) is 0 Å². The number of rotatable bonds is 6. The number of aliphatic hydroxyl groups is 1. The number of amides is 2. The van der Waals surface area contributed by atoms with Crippen LogP contribution in [0.5, 0.6) is 0 Å². The molecule has 140 valence electrons. The Balaban J connectivity index is 1.55. The molecule has 0 aliphatic heterocycles. The van der Waals surface area contributed by atoms with E-state index in [2.05, 4.69) is 10.6 Å². The van der Waals surface area contributed by atoms with Crippen molar-refractivity contribution in [3.63, 3.8) is 0 Å². The van der Waals surface area contributed by atoms with E-state index in [1.807, 2.05) is 18.4 Å². The maximum absolute atomic E-state index is 12.1. The molecule has 0 spiro atoms. The molecule has 3 rings (SSSR count). The molecule has 2 heterocycles. The number of furan rings is 1. The second-order valence-corrected chi connectivity index (χ2v) is 7.61. The van der Waals surface area contributed by atoms with E-state index in [1.165, 1.54) is 29.4 Å². The minimum atomic E-state index is -0.846. The number of thiophene rings is 1. The molecule has 0 fully saturated rings. The summed E-state index contributed by atoms with van der Waals surface area (Å²) in [7, 11) is 0. The molecule has 0 bridgehead atoms. The van der Waals surface area contributed by atoms with E-state index < -0.39 is 17.9 Å². The van der Waals surface area contributed by atoms with E-state index in [9.17, 15) is 14.7 Å². The van der Waals surface area contributed by atoms with Gasteiger partial charge in [0.05, 0.1) is 18.5 Å². The fraction of sp³-hybridized carbons (Fsp3) is 0.158. The fourth-order valence-corrected chi connectivity index (χ4v) is 3.90. The largest absolute Gasteiger partial charge is 0.466 e. The Morgan fingerprint density at radius 1 is 1.15 bits per heavy atom. The molecule has 6 nitrogen and oxygen atoms in total. The number of thioether (sulfide) groups is 1. The lowest BCUT2D eigenvalue weighted by molar-refractivity contribution is -0.136. The summed E-state index contributed by atoms with van der Waals surface area (Å²) in [6, 6.07) is 14.3. The van der Waals surface area contributed by atoms with E-state index in [0.717, 1.165) is 9.77 Å². The van der Waals surface area contributed by atoms with Crippen molar-refractivity contribution in [3.05, 3.63) is 70.3 Å². The summed E-state index contributed by atoms with van der Waals surface area (Å²) < 4.78 is 5.20. The summed E-state index contributed by atoms with van der Waals surface area (Å²) in [5.41, 5.74) is 0.602. The van der Waals surface area contributed by atoms with Gasteiger partial charge in [0.1, 0.15) is 11.9 Å². The van der Waals surface area contributed by atoms with Gasteiger partial charge in [0, 0.05) is 14.6 Å². The number of hydrogen-bond donors (Lipinski definition) is 3. The number of nitrogens with one attached hydrogen (secondary N) is 2. The molecule has 0 aliphatic rings. The van der Waals surface area contributed by atoms with Gasteiger partial charge in [-0.3, -0.25) is 9.59 Å². The van der Waals surface area contributed by atoms with Crippen molar-refractivity contribution < 1.29 is 19.1 Å². The summed E-state index contributed by atoms with van der Waals surface area (Å²) in [5, 5.41) is 15.4. The summed E-state index contributed by atoms with van der Waals surface area (Å²) in [4.78, 5) is 26.6. The van der Waals surface area contributed by atoms with Crippen LogP contribution in [-0.2, 0) is 16.1 Å². The molecule has 0 radical (unpaired) electrons. The summed E-state index contributed by atoms with van der Waals surface area (Å²) in [6.07, 6.45) is 2.55. The van der Waals surface area contributed by atoms with Crippen LogP contribution in [0.1, 0.15) is 21.6 Å². The zero-order valence-electron chi connectivity index (χ0n) is 14.5. The van der Waals surface area contributed by atoms with Gasteiger partial charge >= 0.3 is 11.8 Å². The Labute approximate surface area is 164 Å². The lowest BCUT2D eigenvalue weighted by atomic mass is 10.2. The Hall–Kier alpha value is -2.55. The molecule has 27 heavy (non-hydrogen) atoms. The molecule has 0 saturated carbocycles. The van der Waals surface area contributed by atoms with Crippen LogP contribution in [0.2, 0.25) is 0 Å². The Kier molecular flexibility index (Phi) is 6.33. The zero-order chi connectivity index (χ0) is 19.2. The van der Waals surface area contributed by atoms with Gasteiger partial charge in [-0.15, -0.1) is 23.1 Å². The molecule has 0 saturated heterocycles. The van der Waals surface area contributed by atoms with Crippen molar-refractivity contribution in [2.45, 2.75) is 17.5 Å². The normalized spacial score (nSPS) is 11.8. The molecule has 1 atom stereocenters. The molecular formula is C19H18N2O4S2. The van der Waals surface area contributed by atoms with Gasteiger partial charge < -0.3 is 20.2 Å². The van der Waals surface area contributed by atoms with Crippen molar-refractivity contribution in [1.82, 2.24) is 5.32 Å². The number of aliphatic hydroxyl groups excluding tert-OH is 1. The van der Waals surface area contributed by atoms with E-state index >= 15 is 0 Å². The van der Waals surface area contributed by atoms with E-state index in [0.29, 0.717) is 16.3 Å². The number of carbonyl (C=O) groups is 2. The van der Waals surface area contributed by atoms with Crippen LogP contribution in [0.25, 0.3) is 0 Å². The highest BCUT2D eigenvalue weighted by molar-refractivity contribution is 7.98. The van der Waals surface area contributed by atoms with Crippen LogP contribution in [-0.4, -0.2) is 23.2 Å². The predicted molar refractivity (Wildman–Crippen MR) is 106 cm³/mol. The number of para-hydroxylation sites is 1. The zero-order valence-corrected chi connectivity index (χ0v) is 16.1. The van der Waals surface area contributed by atoms with Crippen molar-refractivity contribution in [1.29, 1.82) is 0 Å². The summed E-state index contributed by atoms with van der Waals surface area (Å²) >= 11 is 2.83. The van der Waals surface area contributed by atoms with Gasteiger partial charge in [-0.25, -0.2) is 0 Å². The molecule has 0 unspecified atom stereocenters. The topological polar surface area (TPSA) is 91.6 Å². The first-order chi connectivity index (χ1) is 13.1. The fourth-order valence-electron chi connectivity index (χ4n) is 2.40. The predicted octanol–water partition coefficient (Wildman–Crippen LogP) is 3.40. The monoisotopic (exact) mass is 402 g/mol. The number of benzene rings is 1. The van der Waals surface area contributed by atoms with Gasteiger partial charge in [0.2, 0.25) is 0 Å². The summed E-state index contributed by atoms with van der Waals surface area (Å²) in [5.74, 6) is -0.976. The van der Waals surface area contributed by atoms with Gasteiger partial charge in [-0.1, -0.05) is 12.1 Å². The van der Waals surface area contributed by atoms with E-state index in [-0.39, 0.29) is 6.54 Å². The molecule has 8 heteroatoms. The van der Waals surface area contributed by atoms with Crippen LogP contribution in [0.15, 0.2) is 64.1 Å². The molecule has 3 N–H and O–H groups in total. The van der Waals surface area contributed by atoms with Gasteiger partial charge in [-0.2, -0.15) is 0 Å². The first-order valence-electron chi connectivity index (χ1n) is 8.10. The lowest BCUT2D eigenvalue weighted by Gasteiger charge is -2.09. The van der Waals surface area contributed by atoms with Crippen molar-refractivity contribution in [2.24, 2.45) is 0 Å². The first-order valence-corrected chi connectivity index (χ1v) is 10.1. The van der Waals surface area contributed by atoms with E-state index in [4.69, 9.17) is 4.42 Å². The quantitative estimate of drug-likeness (QED) is 0.434. The van der Waals surface area contributed by atoms with Crippen LogP contribution in [0.4, 0.5) is 5.69 Å². The Morgan fingerprint density at radius 3 is 2.70 bits per heavy atom. The maximum atomic E-state index is 12.1. The smallest absolute Gasteiger partial charge is 0.313 e. The third-order valence-corrected chi connectivity index (χ3v) is 5.68. The average molecular weight is 402 g/mol. The molecule has 1 aromatic carbocycles. The van der Waals surface area contributed by atoms with Crippen LogP contribution < -0.4 is 10.6 Å². The van der Waals surface area contributed by atoms with Crippen LogP contribution in [0, 0.1) is 0 Å². The van der Waals surface area contributed by atoms with E-state index in [1.54, 1.807) is 36.4 Å². The molecule has 3 aromatic rings. The SMILES string of the molecule is CSc1ccccc1NC(=O)C(=O)NCc1ccc([C@H](O)c2ccco2)s1. The van der Waals surface area contributed by atoms with Gasteiger partial charge in [0.25, 0.3) is 0 Å². The lowest BCUT2D eigenvalue weighted by Crippen LogP contribution is -2.34. The van der Waals surface area contributed by atoms with Crippen molar-refractivity contribution >= 4 is 40.6 Å².